The summed E-state index contributed by atoms with van der Waals surface area (Å²) in [7, 11) is -3.38. The largest absolute Gasteiger partial charge is 2.00 e. The number of carbonyl (C=O) groups excluding carboxylic acids is 1. The van der Waals surface area contributed by atoms with Crippen molar-refractivity contribution in [2.45, 2.75) is 12.5 Å². The summed E-state index contributed by atoms with van der Waals surface area (Å²) in [5.41, 5.74) is 5.00. The van der Waals surface area contributed by atoms with Crippen LogP contribution < -0.4 is 15.7 Å². The van der Waals surface area contributed by atoms with Gasteiger partial charge in [0, 0.05) is 13.4 Å². The molecule has 7 heteroatoms. The summed E-state index contributed by atoms with van der Waals surface area (Å²) >= 11 is 0. The van der Waals surface area contributed by atoms with Crippen LogP contribution >= 0.6 is 7.37 Å². The number of carboxylic acids is 1. The summed E-state index contributed by atoms with van der Waals surface area (Å²) in [6.07, 6.45) is -0.276. The minimum Gasteiger partial charge on any atom is -0.799 e. The molecule has 2 N–H and O–H groups in total. The van der Waals surface area contributed by atoms with E-state index in [0.717, 1.165) is 6.66 Å². The van der Waals surface area contributed by atoms with Crippen LogP contribution in [0.5, 0.6) is 0 Å². The average molecular weight is 203 g/mol. The van der Waals surface area contributed by atoms with Crippen LogP contribution in [0.25, 0.3) is 0 Å². The van der Waals surface area contributed by atoms with Gasteiger partial charge in [-0.25, -0.2) is 0 Å². The normalized spacial score (nSPS) is 17.2. The molecule has 0 amide bonds. The topological polar surface area (TPSA) is 106 Å². The van der Waals surface area contributed by atoms with Crippen LogP contribution in [0.15, 0.2) is 0 Å². The standard InChI is InChI=1S/C5H12NO4P.Mg/c1-11(9,10)3-2-4(6)5(7)8;/h4H,2-3,6H2,1H3,(H,7,8)(H,9,10);/q;+2/p-2. The first-order valence-corrected chi connectivity index (χ1v) is 5.32. The first-order chi connectivity index (χ1) is 4.83. The molecule has 66 valence electrons. The molecule has 0 aromatic carbocycles. The molecule has 0 aliphatic heterocycles. The zero-order chi connectivity index (χ0) is 9.07. The van der Waals surface area contributed by atoms with Crippen LogP contribution in [-0.4, -0.2) is 47.9 Å². The van der Waals surface area contributed by atoms with Crippen molar-refractivity contribution in [3.63, 3.8) is 0 Å². The van der Waals surface area contributed by atoms with Gasteiger partial charge in [0.05, 0.1) is 5.97 Å². The predicted molar refractivity (Wildman–Crippen MR) is 41.8 cm³/mol. The Hall–Kier alpha value is 0.386. The van der Waals surface area contributed by atoms with E-state index in [2.05, 4.69) is 0 Å². The first kappa shape index (κ1) is 14.9. The molecule has 0 rings (SSSR count). The van der Waals surface area contributed by atoms with Crippen molar-refractivity contribution in [2.75, 3.05) is 12.8 Å². The third-order valence-electron chi connectivity index (χ3n) is 1.15. The van der Waals surface area contributed by atoms with E-state index < -0.39 is 19.4 Å². The molecule has 0 aromatic heterocycles. The van der Waals surface area contributed by atoms with Crippen molar-refractivity contribution in [1.82, 2.24) is 0 Å². The molecule has 0 saturated heterocycles. The molecule has 0 aliphatic rings. The zero-order valence-corrected chi connectivity index (χ0v) is 9.16. The van der Waals surface area contributed by atoms with Gasteiger partial charge in [0.2, 0.25) is 0 Å². The number of rotatable bonds is 4. The Morgan fingerprint density at radius 2 is 2.08 bits per heavy atom. The summed E-state index contributed by atoms with van der Waals surface area (Å²) in [5, 5.41) is 9.99. The molecule has 0 aromatic rings. The molecule has 0 bridgehead atoms. The van der Waals surface area contributed by atoms with Gasteiger partial charge in [0.15, 0.2) is 0 Å². The van der Waals surface area contributed by atoms with Crippen molar-refractivity contribution in [1.29, 1.82) is 0 Å². The van der Waals surface area contributed by atoms with Gasteiger partial charge in [0.25, 0.3) is 0 Å². The monoisotopic (exact) mass is 203 g/mol. The van der Waals surface area contributed by atoms with Gasteiger partial charge >= 0.3 is 23.1 Å². The van der Waals surface area contributed by atoms with E-state index in [-0.39, 0.29) is 35.6 Å². The minimum absolute atomic E-state index is 0. The van der Waals surface area contributed by atoms with E-state index in [1.54, 1.807) is 0 Å². The Bertz CT molecular complexity index is 192. The fourth-order valence-corrected chi connectivity index (χ4v) is 1.24. The molecule has 0 radical (unpaired) electrons. The SMILES string of the molecule is CP(=O)([O-])CCC(N)C(=O)[O-].[Mg+2]. The summed E-state index contributed by atoms with van der Waals surface area (Å²) in [6.45, 7) is 1.05. The predicted octanol–water partition coefficient (Wildman–Crippen LogP) is -2.66. The van der Waals surface area contributed by atoms with Crippen LogP contribution in [0.1, 0.15) is 6.42 Å². The van der Waals surface area contributed by atoms with Gasteiger partial charge < -0.3 is 25.1 Å². The van der Waals surface area contributed by atoms with Crippen molar-refractivity contribution < 1.29 is 19.4 Å². The number of carbonyl (C=O) groups is 1. The van der Waals surface area contributed by atoms with E-state index in [1.165, 1.54) is 0 Å². The maximum absolute atomic E-state index is 10.5. The third kappa shape index (κ3) is 8.48. The van der Waals surface area contributed by atoms with Crippen LogP contribution in [0.3, 0.4) is 0 Å². The van der Waals surface area contributed by atoms with Crippen LogP contribution in [0.4, 0.5) is 0 Å². The molecular formula is C5H10MgNO4P. The average Bonchev–Trinajstić information content (AvgIpc) is 1.80. The molecule has 2 atom stereocenters. The van der Waals surface area contributed by atoms with E-state index in [1.807, 2.05) is 0 Å². The minimum atomic E-state index is -3.38. The molecule has 12 heavy (non-hydrogen) atoms. The fraction of sp³-hybridized carbons (Fsp3) is 0.800. The van der Waals surface area contributed by atoms with Gasteiger partial charge in [-0.05, 0) is 19.2 Å². The Morgan fingerprint density at radius 1 is 1.67 bits per heavy atom. The summed E-state index contributed by atoms with van der Waals surface area (Å²) < 4.78 is 10.5. The molecule has 0 saturated carbocycles. The number of nitrogens with two attached hydrogens (primary N) is 1. The summed E-state index contributed by atoms with van der Waals surface area (Å²) in [6, 6.07) is -1.18. The second kappa shape index (κ2) is 5.93. The number of hydrogen-bond acceptors (Lipinski definition) is 5. The number of carboxylic acid groups (broad SMARTS) is 1. The van der Waals surface area contributed by atoms with Gasteiger partial charge in [0.1, 0.15) is 0 Å². The van der Waals surface area contributed by atoms with Crippen LogP contribution in [-0.2, 0) is 9.36 Å². The van der Waals surface area contributed by atoms with E-state index in [0.29, 0.717) is 0 Å². The smallest absolute Gasteiger partial charge is 0.799 e. The van der Waals surface area contributed by atoms with E-state index in [9.17, 15) is 19.4 Å². The summed E-state index contributed by atoms with van der Waals surface area (Å²) in [5.74, 6) is -1.42. The van der Waals surface area contributed by atoms with Crippen LogP contribution in [0, 0.1) is 0 Å². The Morgan fingerprint density at radius 3 is 2.33 bits per heavy atom. The Balaban J connectivity index is 0. The van der Waals surface area contributed by atoms with E-state index in [4.69, 9.17) is 5.73 Å². The van der Waals surface area contributed by atoms with Crippen molar-refractivity contribution >= 4 is 36.4 Å². The Labute approximate surface area is 86.9 Å². The van der Waals surface area contributed by atoms with Crippen molar-refractivity contribution in [2.24, 2.45) is 5.73 Å². The number of aliphatic carboxylic acids is 1. The quantitative estimate of drug-likeness (QED) is 0.396. The Kier molecular flexibility index (Phi) is 7.36. The summed E-state index contributed by atoms with van der Waals surface area (Å²) in [4.78, 5) is 20.5. The van der Waals surface area contributed by atoms with Crippen molar-refractivity contribution in [3.05, 3.63) is 0 Å². The molecule has 2 unspecified atom stereocenters. The second-order valence-corrected chi connectivity index (χ2v) is 4.93. The van der Waals surface area contributed by atoms with Gasteiger partial charge in [-0.1, -0.05) is 0 Å². The first-order valence-electron chi connectivity index (χ1n) is 3.07. The molecule has 5 nitrogen and oxygen atoms in total. The molecule has 0 spiro atoms. The molecular weight excluding hydrogens is 193 g/mol. The molecule has 0 heterocycles. The molecule has 0 fully saturated rings. The fourth-order valence-electron chi connectivity index (χ4n) is 0.491. The van der Waals surface area contributed by atoms with Crippen LogP contribution in [0.2, 0.25) is 0 Å². The van der Waals surface area contributed by atoms with Gasteiger partial charge in [-0.3, -0.25) is 0 Å². The van der Waals surface area contributed by atoms with E-state index >= 15 is 0 Å². The van der Waals surface area contributed by atoms with Gasteiger partial charge in [-0.15, -0.1) is 0 Å². The third-order valence-corrected chi connectivity index (χ3v) is 2.22. The van der Waals surface area contributed by atoms with Crippen molar-refractivity contribution in [3.8, 4) is 0 Å². The molecule has 0 aliphatic carbocycles. The van der Waals surface area contributed by atoms with Gasteiger partial charge in [-0.2, -0.15) is 0 Å². The maximum atomic E-state index is 10.5. The maximum Gasteiger partial charge on any atom is 2.00 e. The zero-order valence-electron chi connectivity index (χ0n) is 6.86. The second-order valence-electron chi connectivity index (χ2n) is 2.45. The number of hydrogen-bond donors (Lipinski definition) is 1.